The van der Waals surface area contributed by atoms with Gasteiger partial charge in [-0.1, -0.05) is 24.3 Å². The van der Waals surface area contributed by atoms with Crippen molar-refractivity contribution in [3.05, 3.63) is 35.4 Å². The van der Waals surface area contributed by atoms with Crippen molar-refractivity contribution in [2.45, 2.75) is 51.5 Å². The van der Waals surface area contributed by atoms with E-state index in [1.165, 1.54) is 30.4 Å². The Kier molecular flexibility index (Phi) is 5.60. The highest BCUT2D eigenvalue weighted by molar-refractivity contribution is 5.76. The predicted molar refractivity (Wildman–Crippen MR) is 82.9 cm³/mol. The lowest BCUT2D eigenvalue weighted by Crippen LogP contribution is -2.33. The molecule has 2 rings (SSSR count). The number of carbonyl (C=O) groups is 1. The number of amides is 1. The van der Waals surface area contributed by atoms with Crippen molar-refractivity contribution in [3.63, 3.8) is 0 Å². The highest BCUT2D eigenvalue weighted by atomic mass is 16.1. The van der Waals surface area contributed by atoms with E-state index in [9.17, 15) is 4.79 Å². The largest absolute Gasteiger partial charge is 0.354 e. The molecule has 1 amide bonds. The molecule has 20 heavy (non-hydrogen) atoms. The first kappa shape index (κ1) is 15.0. The van der Waals surface area contributed by atoms with Gasteiger partial charge in [-0.2, -0.15) is 0 Å². The fraction of sp³-hybridized carbons (Fsp3) is 0.588. The van der Waals surface area contributed by atoms with Crippen molar-refractivity contribution in [1.29, 1.82) is 0 Å². The first-order chi connectivity index (χ1) is 9.66. The second-order valence-electron chi connectivity index (χ2n) is 5.96. The molecule has 0 saturated carbocycles. The molecule has 110 valence electrons. The van der Waals surface area contributed by atoms with Crippen LogP contribution in [-0.4, -0.2) is 25.0 Å². The van der Waals surface area contributed by atoms with E-state index in [0.29, 0.717) is 12.3 Å². The number of benzene rings is 1. The van der Waals surface area contributed by atoms with Crippen LogP contribution in [0.3, 0.4) is 0 Å². The van der Waals surface area contributed by atoms with E-state index in [-0.39, 0.29) is 11.9 Å². The monoisotopic (exact) mass is 274 g/mol. The van der Waals surface area contributed by atoms with Gasteiger partial charge in [-0.3, -0.25) is 4.79 Å². The number of carbonyl (C=O) groups excluding carboxylic acids is 1. The molecule has 0 saturated heterocycles. The number of nitrogens with one attached hydrogen (secondary N) is 2. The van der Waals surface area contributed by atoms with Crippen LogP contribution in [0.15, 0.2) is 24.3 Å². The van der Waals surface area contributed by atoms with Gasteiger partial charge in [-0.15, -0.1) is 0 Å². The van der Waals surface area contributed by atoms with E-state index in [2.05, 4.69) is 34.9 Å². The average Bonchev–Trinajstić information content (AvgIpc) is 2.43. The Hall–Kier alpha value is -1.35. The van der Waals surface area contributed by atoms with Crippen LogP contribution in [0.5, 0.6) is 0 Å². The molecule has 2 N–H and O–H groups in total. The van der Waals surface area contributed by atoms with Crippen LogP contribution in [-0.2, 0) is 11.2 Å². The predicted octanol–water partition coefficient (Wildman–Crippen LogP) is 2.61. The number of hydrogen-bond acceptors (Lipinski definition) is 2. The van der Waals surface area contributed by atoms with E-state index < -0.39 is 0 Å². The fourth-order valence-corrected chi connectivity index (χ4v) is 2.94. The summed E-state index contributed by atoms with van der Waals surface area (Å²) in [5, 5.41) is 6.36. The molecule has 1 aliphatic rings. The van der Waals surface area contributed by atoms with Crippen molar-refractivity contribution in [2.75, 3.05) is 13.1 Å². The van der Waals surface area contributed by atoms with Gasteiger partial charge in [0.25, 0.3) is 0 Å². The Bertz CT molecular complexity index is 442. The van der Waals surface area contributed by atoms with Gasteiger partial charge < -0.3 is 10.6 Å². The topological polar surface area (TPSA) is 41.1 Å². The maximum absolute atomic E-state index is 11.6. The smallest absolute Gasteiger partial charge is 0.221 e. The van der Waals surface area contributed by atoms with E-state index in [1.807, 2.05) is 13.8 Å². The molecule has 1 unspecified atom stereocenters. The summed E-state index contributed by atoms with van der Waals surface area (Å²) >= 11 is 0. The number of hydrogen-bond donors (Lipinski definition) is 2. The van der Waals surface area contributed by atoms with E-state index in [0.717, 1.165) is 13.1 Å². The highest BCUT2D eigenvalue weighted by Gasteiger charge is 2.19. The summed E-state index contributed by atoms with van der Waals surface area (Å²) in [6, 6.07) is 9.00. The van der Waals surface area contributed by atoms with Crippen molar-refractivity contribution in [3.8, 4) is 0 Å². The average molecular weight is 274 g/mol. The first-order valence-electron chi connectivity index (χ1n) is 7.74. The molecule has 0 spiro atoms. The van der Waals surface area contributed by atoms with Gasteiger partial charge in [0, 0.05) is 25.6 Å². The summed E-state index contributed by atoms with van der Waals surface area (Å²) in [5.74, 6) is 0.740. The molecule has 3 heteroatoms. The van der Waals surface area contributed by atoms with Crippen molar-refractivity contribution < 1.29 is 4.79 Å². The standard InChI is InChI=1S/C17H26N2O/c1-13(2)19-17(20)10-11-18-12-15-8-5-7-14-6-3-4-9-16(14)15/h3-4,6,9,13,15,18H,5,7-8,10-12H2,1-2H3,(H,19,20). The summed E-state index contributed by atoms with van der Waals surface area (Å²) in [7, 11) is 0. The zero-order chi connectivity index (χ0) is 14.4. The quantitative estimate of drug-likeness (QED) is 0.783. The van der Waals surface area contributed by atoms with Crippen LogP contribution in [0, 0.1) is 0 Å². The Morgan fingerprint density at radius 2 is 2.15 bits per heavy atom. The van der Waals surface area contributed by atoms with Crippen LogP contribution in [0.25, 0.3) is 0 Å². The van der Waals surface area contributed by atoms with Crippen LogP contribution >= 0.6 is 0 Å². The highest BCUT2D eigenvalue weighted by Crippen LogP contribution is 2.30. The lowest BCUT2D eigenvalue weighted by Gasteiger charge is -2.25. The maximum Gasteiger partial charge on any atom is 0.221 e. The molecule has 0 bridgehead atoms. The zero-order valence-electron chi connectivity index (χ0n) is 12.6. The minimum atomic E-state index is 0.136. The Balaban J connectivity index is 1.74. The lowest BCUT2D eigenvalue weighted by atomic mass is 9.83. The Labute approximate surface area is 122 Å². The number of aryl methyl sites for hydroxylation is 1. The molecule has 0 radical (unpaired) electrons. The molecule has 0 fully saturated rings. The third-order valence-corrected chi connectivity index (χ3v) is 3.86. The van der Waals surface area contributed by atoms with Crippen LogP contribution in [0.4, 0.5) is 0 Å². The normalized spacial score (nSPS) is 17.9. The zero-order valence-corrected chi connectivity index (χ0v) is 12.6. The van der Waals surface area contributed by atoms with Crippen LogP contribution in [0.1, 0.15) is 50.2 Å². The van der Waals surface area contributed by atoms with Crippen molar-refractivity contribution >= 4 is 5.91 Å². The summed E-state index contributed by atoms with van der Waals surface area (Å²) in [4.78, 5) is 11.6. The van der Waals surface area contributed by atoms with Gasteiger partial charge in [0.15, 0.2) is 0 Å². The molecular weight excluding hydrogens is 248 g/mol. The molecule has 1 aromatic carbocycles. The third kappa shape index (κ3) is 4.34. The third-order valence-electron chi connectivity index (χ3n) is 3.86. The van der Waals surface area contributed by atoms with Gasteiger partial charge in [0.1, 0.15) is 0 Å². The molecule has 0 aliphatic heterocycles. The van der Waals surface area contributed by atoms with Gasteiger partial charge in [-0.05, 0) is 50.2 Å². The Morgan fingerprint density at radius 1 is 1.35 bits per heavy atom. The molecule has 1 aromatic rings. The fourth-order valence-electron chi connectivity index (χ4n) is 2.94. The molecule has 0 aromatic heterocycles. The van der Waals surface area contributed by atoms with E-state index in [4.69, 9.17) is 0 Å². The lowest BCUT2D eigenvalue weighted by molar-refractivity contribution is -0.121. The summed E-state index contributed by atoms with van der Waals surface area (Å²) < 4.78 is 0. The number of fused-ring (bicyclic) bond motifs is 1. The maximum atomic E-state index is 11.6. The Morgan fingerprint density at radius 3 is 2.95 bits per heavy atom. The van der Waals surface area contributed by atoms with Crippen LogP contribution in [0.2, 0.25) is 0 Å². The van der Waals surface area contributed by atoms with E-state index >= 15 is 0 Å². The van der Waals surface area contributed by atoms with Crippen molar-refractivity contribution in [1.82, 2.24) is 10.6 Å². The molecule has 1 atom stereocenters. The van der Waals surface area contributed by atoms with Gasteiger partial charge in [0.05, 0.1) is 0 Å². The summed E-state index contributed by atoms with van der Waals surface area (Å²) in [5.41, 5.74) is 3.00. The summed E-state index contributed by atoms with van der Waals surface area (Å²) in [6.45, 7) is 5.72. The summed E-state index contributed by atoms with van der Waals surface area (Å²) in [6.07, 6.45) is 4.30. The van der Waals surface area contributed by atoms with Crippen molar-refractivity contribution in [2.24, 2.45) is 0 Å². The minimum Gasteiger partial charge on any atom is -0.354 e. The second-order valence-corrected chi connectivity index (χ2v) is 5.96. The SMILES string of the molecule is CC(C)NC(=O)CCNCC1CCCc2ccccc21. The first-order valence-corrected chi connectivity index (χ1v) is 7.74. The van der Waals surface area contributed by atoms with E-state index in [1.54, 1.807) is 0 Å². The molecule has 3 nitrogen and oxygen atoms in total. The minimum absolute atomic E-state index is 0.136. The molecule has 0 heterocycles. The van der Waals surface area contributed by atoms with Crippen LogP contribution < -0.4 is 10.6 Å². The molecule has 1 aliphatic carbocycles. The molecular formula is C17H26N2O. The number of rotatable bonds is 6. The van der Waals surface area contributed by atoms with Gasteiger partial charge in [0.2, 0.25) is 5.91 Å². The van der Waals surface area contributed by atoms with Gasteiger partial charge in [-0.25, -0.2) is 0 Å². The van der Waals surface area contributed by atoms with Gasteiger partial charge >= 0.3 is 0 Å². The second kappa shape index (κ2) is 7.44.